The second kappa shape index (κ2) is 8.12. The van der Waals surface area contributed by atoms with Gasteiger partial charge in [0.25, 0.3) is 22.2 Å². The fourth-order valence-corrected chi connectivity index (χ4v) is 5.12. The number of hydrogen-bond acceptors (Lipinski definition) is 4. The first-order valence-corrected chi connectivity index (χ1v) is 11.4. The van der Waals surface area contributed by atoms with Crippen molar-refractivity contribution in [2.45, 2.75) is 32.9 Å². The summed E-state index contributed by atoms with van der Waals surface area (Å²) in [5, 5.41) is -0.0136. The van der Waals surface area contributed by atoms with Crippen LogP contribution in [0.3, 0.4) is 0 Å². The number of nitrogens with zero attached hydrogens (tertiary/aromatic N) is 2. The van der Waals surface area contributed by atoms with Crippen molar-refractivity contribution < 1.29 is 13.2 Å². The smallest absolute Gasteiger partial charge is 0.277 e. The molecule has 5 aromatic rings. The Morgan fingerprint density at radius 2 is 1.11 bits per heavy atom. The first kappa shape index (κ1) is 24.4. The lowest BCUT2D eigenvalue weighted by Gasteiger charge is -2.25. The van der Waals surface area contributed by atoms with Gasteiger partial charge in [0.2, 0.25) is 0 Å². The molecule has 5 rings (SSSR count). The van der Waals surface area contributed by atoms with Crippen LogP contribution in [0.2, 0.25) is 0 Å². The number of fused-ring (bicyclic) bond motifs is 2. The topological polar surface area (TPSA) is 78.1 Å². The molecule has 0 fully saturated rings. The third-order valence-corrected chi connectivity index (χ3v) is 6.98. The minimum atomic E-state index is -4.57. The van der Waals surface area contributed by atoms with Gasteiger partial charge in [-0.3, -0.25) is 23.7 Å². The second-order valence-electron chi connectivity index (χ2n) is 9.43. The van der Waals surface area contributed by atoms with Crippen LogP contribution >= 0.6 is 0 Å². The first-order valence-electron chi connectivity index (χ1n) is 11.4. The molecule has 0 amide bonds. The summed E-state index contributed by atoms with van der Waals surface area (Å²) < 4.78 is 44.6. The fraction of sp³-hybridized carbons (Fsp3) is 0.214. The van der Waals surface area contributed by atoms with Crippen molar-refractivity contribution in [2.24, 2.45) is 7.05 Å². The van der Waals surface area contributed by atoms with E-state index in [1.54, 1.807) is 26.0 Å². The maximum absolute atomic E-state index is 14.3. The molecule has 0 N–H and O–H groups in total. The molecular formula is C28H21F3N2O4. The van der Waals surface area contributed by atoms with E-state index in [0.29, 0.717) is 5.56 Å². The second-order valence-corrected chi connectivity index (χ2v) is 9.43. The van der Waals surface area contributed by atoms with Crippen molar-refractivity contribution in [1.29, 1.82) is 0 Å². The Morgan fingerprint density at radius 3 is 1.57 bits per heavy atom. The van der Waals surface area contributed by atoms with Crippen molar-refractivity contribution in [3.05, 3.63) is 118 Å². The Labute approximate surface area is 207 Å². The van der Waals surface area contributed by atoms with Crippen LogP contribution < -0.4 is 22.2 Å². The van der Waals surface area contributed by atoms with Crippen molar-refractivity contribution in [2.75, 3.05) is 0 Å². The molecular weight excluding hydrogens is 485 g/mol. The van der Waals surface area contributed by atoms with Crippen LogP contribution in [-0.2, 0) is 7.05 Å². The standard InChI is InChI=1S/C28H21F3N2O4/c1-13-5-7-17(14(2)9-13)23(28(29,30)31)18-8-6-16(10-15(18)3)33-26(36)21-11-19-20(12-22(21)27(33)37)25(35)32(4)24(19)34/h5-12,23H,1-4H3. The van der Waals surface area contributed by atoms with Gasteiger partial charge in [0, 0.05) is 7.05 Å². The van der Waals surface area contributed by atoms with Crippen LogP contribution in [0.1, 0.15) is 33.7 Å². The third-order valence-electron chi connectivity index (χ3n) is 6.98. The summed E-state index contributed by atoms with van der Waals surface area (Å²) in [6, 6.07) is 11.2. The molecule has 0 saturated heterocycles. The quantitative estimate of drug-likeness (QED) is 0.370. The highest BCUT2D eigenvalue weighted by Gasteiger charge is 2.43. The summed E-state index contributed by atoms with van der Waals surface area (Å²) in [6.07, 6.45) is -4.57. The molecule has 0 bridgehead atoms. The minimum Gasteiger partial charge on any atom is -0.277 e. The van der Waals surface area contributed by atoms with Gasteiger partial charge in [0.05, 0.1) is 27.2 Å². The highest BCUT2D eigenvalue weighted by Crippen LogP contribution is 2.43. The van der Waals surface area contributed by atoms with Gasteiger partial charge in [-0.15, -0.1) is 0 Å². The maximum Gasteiger partial charge on any atom is 0.399 e. The van der Waals surface area contributed by atoms with Gasteiger partial charge in [-0.2, -0.15) is 13.2 Å². The van der Waals surface area contributed by atoms with Crippen LogP contribution in [0, 0.1) is 20.8 Å². The van der Waals surface area contributed by atoms with Crippen LogP contribution in [0.4, 0.5) is 13.2 Å². The van der Waals surface area contributed by atoms with Crippen LogP contribution in [0.15, 0.2) is 67.7 Å². The molecule has 0 radical (unpaired) electrons. The van der Waals surface area contributed by atoms with Crippen LogP contribution in [0.25, 0.3) is 27.2 Å². The van der Waals surface area contributed by atoms with E-state index in [1.165, 1.54) is 50.4 Å². The molecule has 9 heteroatoms. The normalized spacial score (nSPS) is 13.1. The molecule has 3 aromatic carbocycles. The summed E-state index contributed by atoms with van der Waals surface area (Å²) in [4.78, 5) is 51.0. The number of rotatable bonds is 3. The van der Waals surface area contributed by atoms with E-state index in [1.807, 2.05) is 0 Å². The Kier molecular flexibility index (Phi) is 5.36. The maximum atomic E-state index is 14.3. The largest absolute Gasteiger partial charge is 0.399 e. The molecule has 0 spiro atoms. The summed E-state index contributed by atoms with van der Waals surface area (Å²) >= 11 is 0. The lowest BCUT2D eigenvalue weighted by Crippen LogP contribution is -2.25. The van der Waals surface area contributed by atoms with Crippen molar-refractivity contribution in [3.8, 4) is 5.69 Å². The summed E-state index contributed by atoms with van der Waals surface area (Å²) in [7, 11) is 1.31. The van der Waals surface area contributed by atoms with Gasteiger partial charge in [0.1, 0.15) is 5.92 Å². The molecule has 37 heavy (non-hydrogen) atoms. The molecule has 0 aliphatic carbocycles. The molecule has 0 aliphatic rings. The molecule has 0 aliphatic heterocycles. The average Bonchev–Trinajstić information content (AvgIpc) is 3.19. The van der Waals surface area contributed by atoms with E-state index in [9.17, 15) is 32.3 Å². The highest BCUT2D eigenvalue weighted by atomic mass is 19.4. The van der Waals surface area contributed by atoms with E-state index in [2.05, 4.69) is 0 Å². The minimum absolute atomic E-state index is 0.0121. The number of hydrogen-bond donors (Lipinski definition) is 0. The zero-order chi connectivity index (χ0) is 27.0. The fourth-order valence-electron chi connectivity index (χ4n) is 5.12. The van der Waals surface area contributed by atoms with E-state index in [0.717, 1.165) is 14.7 Å². The highest BCUT2D eigenvalue weighted by molar-refractivity contribution is 5.98. The van der Waals surface area contributed by atoms with Crippen LogP contribution in [-0.4, -0.2) is 15.3 Å². The zero-order valence-electron chi connectivity index (χ0n) is 20.4. The Hall–Kier alpha value is -4.27. The van der Waals surface area contributed by atoms with Crippen molar-refractivity contribution in [1.82, 2.24) is 9.13 Å². The molecule has 2 heterocycles. The molecule has 188 valence electrons. The van der Waals surface area contributed by atoms with Gasteiger partial charge in [-0.1, -0.05) is 29.8 Å². The summed E-state index contributed by atoms with van der Waals surface area (Å²) in [6.45, 7) is 4.94. The number of aromatic nitrogens is 2. The average molecular weight is 506 g/mol. The van der Waals surface area contributed by atoms with Crippen LogP contribution in [0.5, 0.6) is 0 Å². The lowest BCUT2D eigenvalue weighted by molar-refractivity contribution is -0.141. The molecule has 1 unspecified atom stereocenters. The Bertz CT molecular complexity index is 1880. The molecule has 2 aromatic heterocycles. The van der Waals surface area contributed by atoms with E-state index in [4.69, 9.17) is 0 Å². The summed E-state index contributed by atoms with van der Waals surface area (Å²) in [5.74, 6) is -1.89. The molecule has 0 saturated carbocycles. The predicted octanol–water partition coefficient (Wildman–Crippen LogP) is 4.06. The zero-order valence-corrected chi connectivity index (χ0v) is 20.4. The van der Waals surface area contributed by atoms with Crippen molar-refractivity contribution in [3.63, 3.8) is 0 Å². The summed E-state index contributed by atoms with van der Waals surface area (Å²) in [5.41, 5.74) is -0.735. The molecule has 1 atom stereocenters. The van der Waals surface area contributed by atoms with Crippen molar-refractivity contribution >= 4 is 21.5 Å². The van der Waals surface area contributed by atoms with Gasteiger partial charge >= 0.3 is 6.18 Å². The van der Waals surface area contributed by atoms with E-state index in [-0.39, 0.29) is 43.9 Å². The van der Waals surface area contributed by atoms with Gasteiger partial charge in [-0.05, 0) is 67.3 Å². The molecule has 6 nitrogen and oxygen atoms in total. The van der Waals surface area contributed by atoms with Gasteiger partial charge in [-0.25, -0.2) is 4.57 Å². The number of alkyl halides is 3. The van der Waals surface area contributed by atoms with E-state index >= 15 is 0 Å². The third kappa shape index (κ3) is 3.64. The van der Waals surface area contributed by atoms with Gasteiger partial charge in [0.15, 0.2) is 0 Å². The number of benzene rings is 3. The van der Waals surface area contributed by atoms with Gasteiger partial charge < -0.3 is 0 Å². The number of halogens is 3. The SMILES string of the molecule is Cc1ccc(C(c2ccc(-n3c(=O)c4cc5c(=O)n(C)c(=O)c5cc4c3=O)cc2C)C(F)(F)F)c(C)c1. The number of aryl methyl sites for hydroxylation is 3. The monoisotopic (exact) mass is 506 g/mol. The lowest BCUT2D eigenvalue weighted by atomic mass is 9.85. The first-order chi connectivity index (χ1) is 17.3. The predicted molar refractivity (Wildman–Crippen MR) is 136 cm³/mol. The Balaban J connectivity index is 1.70. The Morgan fingerprint density at radius 1 is 0.649 bits per heavy atom. The van der Waals surface area contributed by atoms with E-state index < -0.39 is 34.3 Å².